The number of nitrogens with zero attached hydrogens (tertiary/aromatic N) is 4. The average molecular weight is 288 g/mol. The number of rotatable bonds is 4. The van der Waals surface area contributed by atoms with E-state index in [1.54, 1.807) is 56.3 Å². The van der Waals surface area contributed by atoms with Crippen molar-refractivity contribution in [1.29, 1.82) is 0 Å². The van der Waals surface area contributed by atoms with Crippen molar-refractivity contribution in [2.75, 3.05) is 14.1 Å². The molecule has 0 unspecified atom stereocenters. The molecule has 0 spiro atoms. The topological polar surface area (TPSA) is 77.3 Å². The van der Waals surface area contributed by atoms with Gasteiger partial charge in [-0.2, -0.15) is 5.10 Å². The van der Waals surface area contributed by atoms with Gasteiger partial charge in [-0.15, -0.1) is 0 Å². The molecule has 0 saturated carbocycles. The van der Waals surface area contributed by atoms with E-state index in [1.165, 1.54) is 11.2 Å². The molecule has 1 amide bonds. The SMILES string of the molecule is C[C@H](OC(=O)c1ccc(-n2cncn2)cc1)C(=O)N(C)C. The van der Waals surface area contributed by atoms with E-state index in [0.29, 0.717) is 5.56 Å². The molecule has 7 nitrogen and oxygen atoms in total. The number of amides is 1. The van der Waals surface area contributed by atoms with Crippen LogP contribution < -0.4 is 0 Å². The van der Waals surface area contributed by atoms with Crippen LogP contribution in [-0.4, -0.2) is 51.7 Å². The van der Waals surface area contributed by atoms with Gasteiger partial charge in [0.25, 0.3) is 5.91 Å². The lowest BCUT2D eigenvalue weighted by molar-refractivity contribution is -0.137. The molecule has 0 bridgehead atoms. The van der Waals surface area contributed by atoms with Crippen LogP contribution in [0.25, 0.3) is 5.69 Å². The summed E-state index contributed by atoms with van der Waals surface area (Å²) in [6, 6.07) is 6.69. The molecule has 1 aromatic heterocycles. The second-order valence-corrected chi connectivity index (χ2v) is 4.67. The van der Waals surface area contributed by atoms with E-state index in [9.17, 15) is 9.59 Å². The molecule has 0 aliphatic carbocycles. The summed E-state index contributed by atoms with van der Waals surface area (Å²) in [5.41, 5.74) is 1.15. The third kappa shape index (κ3) is 3.44. The Bertz CT molecular complexity index is 620. The molecule has 110 valence electrons. The first kappa shape index (κ1) is 14.7. The number of hydrogen-bond donors (Lipinski definition) is 0. The van der Waals surface area contributed by atoms with Gasteiger partial charge in [-0.1, -0.05) is 0 Å². The highest BCUT2D eigenvalue weighted by Crippen LogP contribution is 2.10. The highest BCUT2D eigenvalue weighted by atomic mass is 16.5. The lowest BCUT2D eigenvalue weighted by atomic mass is 10.2. The summed E-state index contributed by atoms with van der Waals surface area (Å²) >= 11 is 0. The first-order valence-electron chi connectivity index (χ1n) is 6.36. The largest absolute Gasteiger partial charge is 0.449 e. The van der Waals surface area contributed by atoms with E-state index in [4.69, 9.17) is 4.74 Å². The number of aromatic nitrogens is 3. The number of carbonyl (C=O) groups is 2. The van der Waals surface area contributed by atoms with Crippen molar-refractivity contribution in [1.82, 2.24) is 19.7 Å². The Kier molecular flexibility index (Phi) is 4.32. The highest BCUT2D eigenvalue weighted by Gasteiger charge is 2.20. The van der Waals surface area contributed by atoms with Gasteiger partial charge in [0.05, 0.1) is 11.3 Å². The van der Waals surface area contributed by atoms with Gasteiger partial charge in [-0.3, -0.25) is 4.79 Å². The molecule has 0 saturated heterocycles. The Labute approximate surface area is 122 Å². The maximum Gasteiger partial charge on any atom is 0.338 e. The molecular weight excluding hydrogens is 272 g/mol. The predicted molar refractivity (Wildman–Crippen MR) is 74.9 cm³/mol. The first-order valence-corrected chi connectivity index (χ1v) is 6.36. The van der Waals surface area contributed by atoms with Crippen LogP contribution in [0, 0.1) is 0 Å². The second kappa shape index (κ2) is 6.17. The second-order valence-electron chi connectivity index (χ2n) is 4.67. The molecule has 2 rings (SSSR count). The van der Waals surface area contributed by atoms with E-state index in [1.807, 2.05) is 0 Å². The van der Waals surface area contributed by atoms with Crippen LogP contribution in [0.4, 0.5) is 0 Å². The molecule has 1 atom stereocenters. The van der Waals surface area contributed by atoms with Gasteiger partial charge < -0.3 is 9.64 Å². The van der Waals surface area contributed by atoms with Crippen LogP contribution in [0.3, 0.4) is 0 Å². The van der Waals surface area contributed by atoms with Crippen LogP contribution in [0.2, 0.25) is 0 Å². The Balaban J connectivity index is 2.05. The van der Waals surface area contributed by atoms with Crippen molar-refractivity contribution >= 4 is 11.9 Å². The lowest BCUT2D eigenvalue weighted by Gasteiger charge is -2.17. The standard InChI is InChI=1S/C14H16N4O3/c1-10(13(19)17(2)3)21-14(20)11-4-6-12(7-5-11)18-9-15-8-16-18/h4-10H,1-3H3/t10-/m0/s1. The van der Waals surface area contributed by atoms with Gasteiger partial charge in [-0.05, 0) is 31.2 Å². The minimum absolute atomic E-state index is 0.261. The summed E-state index contributed by atoms with van der Waals surface area (Å²) in [5.74, 6) is -0.801. The van der Waals surface area contributed by atoms with Gasteiger partial charge >= 0.3 is 5.97 Å². The molecule has 0 radical (unpaired) electrons. The van der Waals surface area contributed by atoms with E-state index in [0.717, 1.165) is 5.69 Å². The molecule has 7 heteroatoms. The molecule has 1 aromatic carbocycles. The highest BCUT2D eigenvalue weighted by molar-refractivity contribution is 5.92. The van der Waals surface area contributed by atoms with Crippen LogP contribution in [0.5, 0.6) is 0 Å². The number of hydrogen-bond acceptors (Lipinski definition) is 5. The third-order valence-electron chi connectivity index (χ3n) is 2.86. The van der Waals surface area contributed by atoms with Crippen molar-refractivity contribution in [2.45, 2.75) is 13.0 Å². The van der Waals surface area contributed by atoms with Gasteiger partial charge in [0.15, 0.2) is 6.10 Å². The molecule has 1 heterocycles. The summed E-state index contributed by atoms with van der Waals surface area (Å²) in [7, 11) is 3.22. The summed E-state index contributed by atoms with van der Waals surface area (Å²) in [6.07, 6.45) is 2.17. The van der Waals surface area contributed by atoms with Gasteiger partial charge in [0.2, 0.25) is 0 Å². The van der Waals surface area contributed by atoms with Crippen molar-refractivity contribution in [3.05, 3.63) is 42.5 Å². The van der Waals surface area contributed by atoms with Gasteiger partial charge in [-0.25, -0.2) is 14.5 Å². The van der Waals surface area contributed by atoms with E-state index in [-0.39, 0.29) is 5.91 Å². The quantitative estimate of drug-likeness (QED) is 0.781. The Morgan fingerprint density at radius 3 is 2.43 bits per heavy atom. The maximum absolute atomic E-state index is 12.0. The van der Waals surface area contributed by atoms with Crippen molar-refractivity contribution in [2.24, 2.45) is 0 Å². The van der Waals surface area contributed by atoms with Crippen LogP contribution in [0.1, 0.15) is 17.3 Å². The monoisotopic (exact) mass is 288 g/mol. The molecular formula is C14H16N4O3. The van der Waals surface area contributed by atoms with Crippen LogP contribution in [0.15, 0.2) is 36.9 Å². The number of esters is 1. The number of likely N-dealkylation sites (N-methyl/N-ethyl adjacent to an activating group) is 1. The Morgan fingerprint density at radius 2 is 1.90 bits per heavy atom. The number of benzene rings is 1. The molecule has 0 aliphatic heterocycles. The lowest BCUT2D eigenvalue weighted by Crippen LogP contribution is -2.34. The van der Waals surface area contributed by atoms with Crippen molar-refractivity contribution in [3.8, 4) is 5.69 Å². The van der Waals surface area contributed by atoms with Crippen molar-refractivity contribution < 1.29 is 14.3 Å². The van der Waals surface area contributed by atoms with Crippen LogP contribution >= 0.6 is 0 Å². The zero-order valence-corrected chi connectivity index (χ0v) is 12.1. The Morgan fingerprint density at radius 1 is 1.24 bits per heavy atom. The fourth-order valence-electron chi connectivity index (χ4n) is 1.73. The molecule has 21 heavy (non-hydrogen) atoms. The normalized spacial score (nSPS) is 11.8. The van der Waals surface area contributed by atoms with E-state index in [2.05, 4.69) is 10.1 Å². The number of carbonyl (C=O) groups excluding carboxylic acids is 2. The number of ether oxygens (including phenoxy) is 1. The van der Waals surface area contributed by atoms with Crippen LogP contribution in [-0.2, 0) is 9.53 Å². The third-order valence-corrected chi connectivity index (χ3v) is 2.86. The van der Waals surface area contributed by atoms with Crippen molar-refractivity contribution in [3.63, 3.8) is 0 Å². The van der Waals surface area contributed by atoms with Gasteiger partial charge in [0.1, 0.15) is 12.7 Å². The summed E-state index contributed by atoms with van der Waals surface area (Å²) in [4.78, 5) is 28.8. The molecule has 0 N–H and O–H groups in total. The average Bonchev–Trinajstić information content (AvgIpc) is 3.00. The smallest absolute Gasteiger partial charge is 0.338 e. The first-order chi connectivity index (χ1) is 9.99. The van der Waals surface area contributed by atoms with E-state index >= 15 is 0 Å². The molecule has 0 fully saturated rings. The fraction of sp³-hybridized carbons (Fsp3) is 0.286. The minimum Gasteiger partial charge on any atom is -0.449 e. The van der Waals surface area contributed by atoms with Gasteiger partial charge in [0, 0.05) is 14.1 Å². The zero-order chi connectivity index (χ0) is 15.4. The minimum atomic E-state index is -0.817. The van der Waals surface area contributed by atoms with E-state index < -0.39 is 12.1 Å². The molecule has 2 aromatic rings. The fourth-order valence-corrected chi connectivity index (χ4v) is 1.73. The summed E-state index contributed by atoms with van der Waals surface area (Å²) < 4.78 is 6.70. The molecule has 0 aliphatic rings. The Hall–Kier alpha value is -2.70. The zero-order valence-electron chi connectivity index (χ0n) is 12.1. The maximum atomic E-state index is 12.0. The summed E-state index contributed by atoms with van der Waals surface area (Å²) in [6.45, 7) is 1.55. The summed E-state index contributed by atoms with van der Waals surface area (Å²) in [5, 5.41) is 3.99. The predicted octanol–water partition coefficient (Wildman–Crippen LogP) is 0.901.